The molecular weight excluding hydrogens is 348 g/mol. The number of amides is 2. The molecule has 0 saturated carbocycles. The first kappa shape index (κ1) is 16.6. The highest BCUT2D eigenvalue weighted by molar-refractivity contribution is 6.23. The van der Waals surface area contributed by atoms with Crippen molar-refractivity contribution in [1.82, 2.24) is 14.5 Å². The third-order valence-corrected chi connectivity index (χ3v) is 4.34. The van der Waals surface area contributed by atoms with Crippen molar-refractivity contribution in [2.75, 3.05) is 12.3 Å². The van der Waals surface area contributed by atoms with Crippen LogP contribution in [0, 0.1) is 0 Å². The monoisotopic (exact) mass is 364 g/mol. The molecule has 0 aliphatic carbocycles. The van der Waals surface area contributed by atoms with Crippen molar-refractivity contribution in [3.8, 4) is 17.1 Å². The summed E-state index contributed by atoms with van der Waals surface area (Å²) in [6.07, 6.45) is 3.70. The normalized spacial score (nSPS) is 12.8. The summed E-state index contributed by atoms with van der Waals surface area (Å²) >= 11 is 0. The Hall–Kier alpha value is -3.81. The summed E-state index contributed by atoms with van der Waals surface area (Å²) in [6.45, 7) is 2.36. The van der Waals surface area contributed by atoms with E-state index in [-0.39, 0.29) is 16.9 Å². The summed E-state index contributed by atoms with van der Waals surface area (Å²) in [5, 5.41) is 2.15. The van der Waals surface area contributed by atoms with Gasteiger partial charge in [-0.05, 0) is 37.3 Å². The number of nitrogen functional groups attached to an aromatic ring is 1. The van der Waals surface area contributed by atoms with Crippen LogP contribution in [-0.4, -0.2) is 27.6 Å². The minimum absolute atomic E-state index is 0.00433. The van der Waals surface area contributed by atoms with Crippen LogP contribution in [0.15, 0.2) is 53.6 Å². The standard InChI is InChI=1S/C19H16N4O4/c1-2-27-14-6-5-11(9-13(14)22-7-3-4-8-22)23-15(24)10-12-16(17(23)20)19(26)21-18(12)25/h3-10H,2,20H2,1H3,(H,21,25,26). The van der Waals surface area contributed by atoms with Crippen molar-refractivity contribution in [3.63, 3.8) is 0 Å². The molecule has 0 spiro atoms. The van der Waals surface area contributed by atoms with E-state index < -0.39 is 17.4 Å². The van der Waals surface area contributed by atoms with Crippen molar-refractivity contribution < 1.29 is 14.3 Å². The molecule has 0 bridgehead atoms. The predicted molar refractivity (Wildman–Crippen MR) is 98.7 cm³/mol. The highest BCUT2D eigenvalue weighted by atomic mass is 16.5. The highest BCUT2D eigenvalue weighted by Gasteiger charge is 2.31. The van der Waals surface area contributed by atoms with Gasteiger partial charge in [0, 0.05) is 18.5 Å². The average Bonchev–Trinajstić information content (AvgIpc) is 3.25. The maximum Gasteiger partial charge on any atom is 0.262 e. The number of carbonyl (C=O) groups is 2. The molecule has 8 heteroatoms. The molecule has 27 heavy (non-hydrogen) atoms. The van der Waals surface area contributed by atoms with Crippen molar-refractivity contribution in [2.45, 2.75) is 6.92 Å². The number of nitrogens with zero attached hydrogens (tertiary/aromatic N) is 2. The number of nitrogens with two attached hydrogens (primary N) is 1. The number of fused-ring (bicyclic) bond motifs is 1. The Morgan fingerprint density at radius 2 is 1.81 bits per heavy atom. The number of rotatable bonds is 4. The van der Waals surface area contributed by atoms with E-state index in [4.69, 9.17) is 10.5 Å². The summed E-state index contributed by atoms with van der Waals surface area (Å²) in [5.74, 6) is -0.676. The summed E-state index contributed by atoms with van der Waals surface area (Å²) in [5.41, 5.74) is 6.77. The lowest BCUT2D eigenvalue weighted by atomic mass is 10.1. The molecule has 136 valence electrons. The van der Waals surface area contributed by atoms with E-state index in [2.05, 4.69) is 5.32 Å². The number of ether oxygens (including phenoxy) is 1. The van der Waals surface area contributed by atoms with E-state index in [1.807, 2.05) is 36.0 Å². The molecule has 0 fully saturated rings. The molecule has 1 aromatic carbocycles. The molecule has 0 radical (unpaired) electrons. The van der Waals surface area contributed by atoms with Gasteiger partial charge in [-0.1, -0.05) is 0 Å². The zero-order chi connectivity index (χ0) is 19.1. The van der Waals surface area contributed by atoms with Gasteiger partial charge in [0.2, 0.25) is 0 Å². The Morgan fingerprint density at radius 3 is 2.52 bits per heavy atom. The van der Waals surface area contributed by atoms with Crippen LogP contribution in [0.4, 0.5) is 5.82 Å². The van der Waals surface area contributed by atoms with E-state index in [1.54, 1.807) is 18.2 Å². The van der Waals surface area contributed by atoms with Gasteiger partial charge in [0.15, 0.2) is 0 Å². The zero-order valence-corrected chi connectivity index (χ0v) is 14.4. The maximum atomic E-state index is 12.6. The van der Waals surface area contributed by atoms with Crippen LogP contribution in [0.1, 0.15) is 27.6 Å². The molecule has 0 unspecified atom stereocenters. The Kier molecular flexibility index (Phi) is 3.80. The van der Waals surface area contributed by atoms with E-state index in [9.17, 15) is 14.4 Å². The van der Waals surface area contributed by atoms with Crippen molar-refractivity contribution in [2.24, 2.45) is 0 Å². The first-order chi connectivity index (χ1) is 13.0. The Balaban J connectivity index is 1.94. The van der Waals surface area contributed by atoms with Crippen molar-refractivity contribution >= 4 is 17.6 Å². The van der Waals surface area contributed by atoms with Crippen molar-refractivity contribution in [1.29, 1.82) is 0 Å². The van der Waals surface area contributed by atoms with Gasteiger partial charge in [0.25, 0.3) is 17.4 Å². The summed E-state index contributed by atoms with van der Waals surface area (Å²) in [6, 6.07) is 10.0. The SMILES string of the molecule is CCOc1ccc(-n2c(N)c3c(cc2=O)C(=O)NC3=O)cc1-n1cccc1. The van der Waals surface area contributed by atoms with Gasteiger partial charge in [0.05, 0.1) is 29.1 Å². The number of hydrogen-bond donors (Lipinski definition) is 2. The number of imide groups is 1. The van der Waals surface area contributed by atoms with Crippen LogP contribution in [0.2, 0.25) is 0 Å². The number of aromatic nitrogens is 2. The van der Waals surface area contributed by atoms with E-state index in [1.165, 1.54) is 4.57 Å². The Bertz CT molecular complexity index is 1130. The fourth-order valence-corrected chi connectivity index (χ4v) is 3.16. The molecule has 0 saturated heterocycles. The molecule has 1 aliphatic rings. The third kappa shape index (κ3) is 2.58. The number of hydrogen-bond acceptors (Lipinski definition) is 5. The largest absolute Gasteiger partial charge is 0.492 e. The van der Waals surface area contributed by atoms with E-state index >= 15 is 0 Å². The summed E-state index contributed by atoms with van der Waals surface area (Å²) in [4.78, 5) is 36.4. The van der Waals surface area contributed by atoms with Gasteiger partial charge >= 0.3 is 0 Å². The van der Waals surface area contributed by atoms with Crippen LogP contribution in [-0.2, 0) is 0 Å². The summed E-state index contributed by atoms with van der Waals surface area (Å²) < 4.78 is 8.72. The van der Waals surface area contributed by atoms with E-state index in [0.29, 0.717) is 23.7 Å². The smallest absolute Gasteiger partial charge is 0.262 e. The second-order valence-electron chi connectivity index (χ2n) is 5.95. The van der Waals surface area contributed by atoms with Crippen LogP contribution >= 0.6 is 0 Å². The number of pyridine rings is 1. The van der Waals surface area contributed by atoms with Crippen LogP contribution in [0.5, 0.6) is 5.75 Å². The molecule has 3 heterocycles. The van der Waals surface area contributed by atoms with Crippen LogP contribution < -0.4 is 21.3 Å². The van der Waals surface area contributed by atoms with Crippen LogP contribution in [0.3, 0.4) is 0 Å². The van der Waals surface area contributed by atoms with Crippen molar-refractivity contribution in [3.05, 3.63) is 70.3 Å². The third-order valence-electron chi connectivity index (χ3n) is 4.34. The maximum absolute atomic E-state index is 12.6. The molecule has 0 atom stereocenters. The van der Waals surface area contributed by atoms with E-state index in [0.717, 1.165) is 6.07 Å². The first-order valence-electron chi connectivity index (χ1n) is 8.33. The fraction of sp³-hybridized carbons (Fsp3) is 0.105. The number of carbonyl (C=O) groups excluding carboxylic acids is 2. The number of benzene rings is 1. The first-order valence-corrected chi connectivity index (χ1v) is 8.33. The van der Waals surface area contributed by atoms with Gasteiger partial charge in [-0.2, -0.15) is 0 Å². The zero-order valence-electron chi connectivity index (χ0n) is 14.4. The molecule has 3 N–H and O–H groups in total. The molecule has 3 aromatic rings. The number of anilines is 1. The minimum atomic E-state index is -0.620. The second kappa shape index (κ2) is 6.17. The molecule has 8 nitrogen and oxygen atoms in total. The van der Waals surface area contributed by atoms with Gasteiger partial charge < -0.3 is 15.0 Å². The number of nitrogens with one attached hydrogen (secondary N) is 1. The molecule has 2 amide bonds. The molecule has 4 rings (SSSR count). The topological polar surface area (TPSA) is 108 Å². The molecule has 1 aliphatic heterocycles. The minimum Gasteiger partial charge on any atom is -0.492 e. The average molecular weight is 364 g/mol. The van der Waals surface area contributed by atoms with Gasteiger partial charge in [0.1, 0.15) is 11.6 Å². The quantitative estimate of drug-likeness (QED) is 0.682. The summed E-state index contributed by atoms with van der Waals surface area (Å²) in [7, 11) is 0. The molecule has 2 aromatic heterocycles. The Morgan fingerprint density at radius 1 is 1.07 bits per heavy atom. The lowest BCUT2D eigenvalue weighted by molar-refractivity contribution is 0.0880. The lowest BCUT2D eigenvalue weighted by Crippen LogP contribution is -2.24. The lowest BCUT2D eigenvalue weighted by Gasteiger charge is -2.16. The second-order valence-corrected chi connectivity index (χ2v) is 5.95. The van der Waals surface area contributed by atoms with Crippen LogP contribution in [0.25, 0.3) is 11.4 Å². The Labute approximate surface area is 153 Å². The fourth-order valence-electron chi connectivity index (χ4n) is 3.16. The van der Waals surface area contributed by atoms with Gasteiger partial charge in [-0.15, -0.1) is 0 Å². The highest BCUT2D eigenvalue weighted by Crippen LogP contribution is 2.28. The van der Waals surface area contributed by atoms with Gasteiger partial charge in [-0.25, -0.2) is 0 Å². The predicted octanol–water partition coefficient (Wildman–Crippen LogP) is 1.49. The molecular formula is C19H16N4O4. The van der Waals surface area contributed by atoms with Gasteiger partial charge in [-0.3, -0.25) is 24.3 Å².